The van der Waals surface area contributed by atoms with Crippen LogP contribution in [0, 0.1) is 0 Å². The second-order valence-electron chi connectivity index (χ2n) is 6.54. The number of benzene rings is 1. The molecule has 6 heteroatoms. The lowest BCUT2D eigenvalue weighted by molar-refractivity contribution is 0.174. The molecule has 0 fully saturated rings. The van der Waals surface area contributed by atoms with Crippen LogP contribution >= 0.6 is 11.3 Å². The fraction of sp³-hybridized carbons (Fsp3) is 0.350. The maximum Gasteiger partial charge on any atom is 0.119 e. The van der Waals surface area contributed by atoms with Gasteiger partial charge in [0.15, 0.2) is 0 Å². The molecule has 3 aromatic rings. The Morgan fingerprint density at radius 2 is 2.00 bits per heavy atom. The summed E-state index contributed by atoms with van der Waals surface area (Å²) in [6.07, 6.45) is 1.60. The fourth-order valence-corrected chi connectivity index (χ4v) is 3.53. The molecule has 138 valence electrons. The Morgan fingerprint density at radius 3 is 2.65 bits per heavy atom. The minimum Gasteiger partial charge on any atom is -0.491 e. The van der Waals surface area contributed by atoms with Gasteiger partial charge in [0.2, 0.25) is 0 Å². The van der Waals surface area contributed by atoms with Crippen molar-refractivity contribution < 1.29 is 9.84 Å². The Balaban J connectivity index is 1.57. The highest BCUT2D eigenvalue weighted by molar-refractivity contribution is 7.13. The molecular formula is C20H25N3O2S. The van der Waals surface area contributed by atoms with E-state index < -0.39 is 6.10 Å². The van der Waals surface area contributed by atoms with Crippen LogP contribution in [0.2, 0.25) is 0 Å². The highest BCUT2D eigenvalue weighted by Gasteiger charge is 2.12. The molecule has 0 aliphatic heterocycles. The average Bonchev–Trinajstić information content (AvgIpc) is 3.24. The lowest BCUT2D eigenvalue weighted by atomic mass is 10.1. The van der Waals surface area contributed by atoms with Gasteiger partial charge in [-0.2, -0.15) is 5.10 Å². The zero-order valence-corrected chi connectivity index (χ0v) is 16.2. The van der Waals surface area contributed by atoms with E-state index in [0.717, 1.165) is 27.4 Å². The van der Waals surface area contributed by atoms with Gasteiger partial charge in [0.1, 0.15) is 11.4 Å². The first kappa shape index (κ1) is 18.6. The van der Waals surface area contributed by atoms with Gasteiger partial charge in [-0.15, -0.1) is 11.3 Å². The number of aliphatic hydroxyl groups excluding tert-OH is 1. The summed E-state index contributed by atoms with van der Waals surface area (Å²) in [4.78, 5) is 1.16. The number of hydrogen-bond donors (Lipinski definition) is 2. The molecule has 0 amide bonds. The molecule has 0 saturated heterocycles. The van der Waals surface area contributed by atoms with E-state index in [0.29, 0.717) is 13.1 Å². The Hall–Kier alpha value is -2.15. The van der Waals surface area contributed by atoms with Gasteiger partial charge in [-0.3, -0.25) is 4.68 Å². The number of aromatic nitrogens is 2. The van der Waals surface area contributed by atoms with Crippen molar-refractivity contribution in [2.45, 2.75) is 32.6 Å². The summed E-state index contributed by atoms with van der Waals surface area (Å²) in [5.74, 6) is 0.819. The summed E-state index contributed by atoms with van der Waals surface area (Å²) in [6, 6.07) is 11.7. The molecule has 2 N–H and O–H groups in total. The standard InChI is InChI=1S/C20H25N3O2S/c1-14(2)25-17-8-6-15(7-9-17)18(24)12-21-11-16-13-23(3)22-20(16)19-5-4-10-26-19/h4-10,13-14,18,21,24H,11-12H2,1-3H3/t18-/m0/s1. The molecule has 0 spiro atoms. The van der Waals surface area contributed by atoms with Gasteiger partial charge >= 0.3 is 0 Å². The van der Waals surface area contributed by atoms with Gasteiger partial charge < -0.3 is 15.2 Å². The normalized spacial score (nSPS) is 12.5. The van der Waals surface area contributed by atoms with Gasteiger partial charge in [-0.25, -0.2) is 0 Å². The van der Waals surface area contributed by atoms with Crippen LogP contribution in [-0.2, 0) is 13.6 Å². The van der Waals surface area contributed by atoms with E-state index in [9.17, 15) is 5.11 Å². The highest BCUT2D eigenvalue weighted by atomic mass is 32.1. The van der Waals surface area contributed by atoms with Crippen LogP contribution in [0.3, 0.4) is 0 Å². The van der Waals surface area contributed by atoms with Crippen molar-refractivity contribution in [3.8, 4) is 16.3 Å². The number of aliphatic hydroxyl groups is 1. The molecule has 1 aromatic carbocycles. The van der Waals surface area contributed by atoms with Crippen LogP contribution in [0.4, 0.5) is 0 Å². The highest BCUT2D eigenvalue weighted by Crippen LogP contribution is 2.26. The number of ether oxygens (including phenoxy) is 1. The van der Waals surface area contributed by atoms with E-state index in [-0.39, 0.29) is 6.10 Å². The van der Waals surface area contributed by atoms with Gasteiger partial charge in [0.05, 0.1) is 17.1 Å². The van der Waals surface area contributed by atoms with Gasteiger partial charge in [0.25, 0.3) is 0 Å². The molecule has 26 heavy (non-hydrogen) atoms. The third-order valence-corrected chi connectivity index (χ3v) is 4.83. The SMILES string of the molecule is CC(C)Oc1ccc([C@@H](O)CNCc2cn(C)nc2-c2cccs2)cc1. The Morgan fingerprint density at radius 1 is 1.23 bits per heavy atom. The number of rotatable bonds is 8. The lowest BCUT2D eigenvalue weighted by Gasteiger charge is -2.14. The maximum absolute atomic E-state index is 10.4. The molecular weight excluding hydrogens is 346 g/mol. The van der Waals surface area contributed by atoms with E-state index in [1.165, 1.54) is 0 Å². The molecule has 5 nitrogen and oxygen atoms in total. The molecule has 1 atom stereocenters. The molecule has 0 aliphatic carbocycles. The topological polar surface area (TPSA) is 59.3 Å². The summed E-state index contributed by atoms with van der Waals surface area (Å²) >= 11 is 1.68. The number of aryl methyl sites for hydroxylation is 1. The number of thiophene rings is 1. The van der Waals surface area contributed by atoms with Crippen LogP contribution in [0.1, 0.15) is 31.1 Å². The molecule has 0 saturated carbocycles. The predicted molar refractivity (Wildman–Crippen MR) is 105 cm³/mol. The first-order valence-electron chi connectivity index (χ1n) is 8.74. The summed E-state index contributed by atoms with van der Waals surface area (Å²) in [5.41, 5.74) is 3.00. The van der Waals surface area contributed by atoms with E-state index in [1.807, 2.05) is 62.1 Å². The summed E-state index contributed by atoms with van der Waals surface area (Å²) in [5, 5.41) is 20.3. The van der Waals surface area contributed by atoms with Crippen molar-refractivity contribution >= 4 is 11.3 Å². The monoisotopic (exact) mass is 371 g/mol. The number of hydrogen-bond acceptors (Lipinski definition) is 5. The minimum absolute atomic E-state index is 0.143. The fourth-order valence-electron chi connectivity index (χ4n) is 2.79. The Kier molecular flexibility index (Phi) is 6.08. The van der Waals surface area contributed by atoms with E-state index in [4.69, 9.17) is 4.74 Å². The van der Waals surface area contributed by atoms with Crippen molar-refractivity contribution in [3.05, 3.63) is 59.1 Å². The van der Waals surface area contributed by atoms with Gasteiger partial charge in [-0.1, -0.05) is 18.2 Å². The number of nitrogens with zero attached hydrogens (tertiary/aromatic N) is 2. The number of nitrogens with one attached hydrogen (secondary N) is 1. The lowest BCUT2D eigenvalue weighted by Crippen LogP contribution is -2.21. The van der Waals surface area contributed by atoms with Crippen molar-refractivity contribution in [1.29, 1.82) is 0 Å². The van der Waals surface area contributed by atoms with Crippen LogP contribution in [0.15, 0.2) is 48.0 Å². The predicted octanol–water partition coefficient (Wildman–Crippen LogP) is 3.76. The summed E-state index contributed by atoms with van der Waals surface area (Å²) in [7, 11) is 1.93. The Labute approximate surface area is 158 Å². The summed E-state index contributed by atoms with van der Waals surface area (Å²) < 4.78 is 7.46. The zero-order chi connectivity index (χ0) is 18.5. The van der Waals surface area contributed by atoms with Crippen LogP contribution in [-0.4, -0.2) is 27.5 Å². The van der Waals surface area contributed by atoms with E-state index in [1.54, 1.807) is 11.3 Å². The van der Waals surface area contributed by atoms with Crippen molar-refractivity contribution in [2.75, 3.05) is 6.54 Å². The molecule has 3 rings (SSSR count). The third kappa shape index (κ3) is 4.72. The Bertz CT molecular complexity index is 810. The van der Waals surface area contributed by atoms with E-state index >= 15 is 0 Å². The van der Waals surface area contributed by atoms with Gasteiger partial charge in [-0.05, 0) is 43.0 Å². The van der Waals surface area contributed by atoms with Crippen LogP contribution in [0.5, 0.6) is 5.75 Å². The molecule has 0 aliphatic rings. The maximum atomic E-state index is 10.4. The average molecular weight is 372 g/mol. The van der Waals surface area contributed by atoms with Crippen molar-refractivity contribution in [1.82, 2.24) is 15.1 Å². The van der Waals surface area contributed by atoms with Crippen LogP contribution in [0.25, 0.3) is 10.6 Å². The summed E-state index contributed by atoms with van der Waals surface area (Å²) in [6.45, 7) is 5.13. The van der Waals surface area contributed by atoms with Crippen LogP contribution < -0.4 is 10.1 Å². The third-order valence-electron chi connectivity index (χ3n) is 3.95. The second kappa shape index (κ2) is 8.49. The largest absolute Gasteiger partial charge is 0.491 e. The van der Waals surface area contributed by atoms with E-state index in [2.05, 4.69) is 21.9 Å². The minimum atomic E-state index is -0.565. The smallest absolute Gasteiger partial charge is 0.119 e. The molecule has 0 bridgehead atoms. The first-order chi connectivity index (χ1) is 12.5. The molecule has 2 aromatic heterocycles. The molecule has 2 heterocycles. The molecule has 0 unspecified atom stereocenters. The van der Waals surface area contributed by atoms with Crippen molar-refractivity contribution in [2.24, 2.45) is 7.05 Å². The first-order valence-corrected chi connectivity index (χ1v) is 9.62. The van der Waals surface area contributed by atoms with Crippen molar-refractivity contribution in [3.63, 3.8) is 0 Å². The second-order valence-corrected chi connectivity index (χ2v) is 7.48. The zero-order valence-electron chi connectivity index (χ0n) is 15.3. The molecule has 0 radical (unpaired) electrons. The quantitative estimate of drug-likeness (QED) is 0.633. The van der Waals surface area contributed by atoms with Gasteiger partial charge in [0, 0.05) is 31.9 Å².